The quantitative estimate of drug-likeness (QED) is 0.707. The molecule has 1 saturated heterocycles. The summed E-state index contributed by atoms with van der Waals surface area (Å²) in [6.45, 7) is 13.8. The first-order valence-corrected chi connectivity index (χ1v) is 7.49. The lowest BCUT2D eigenvalue weighted by atomic mass is 9.95. The average molecular weight is 300 g/mol. The third-order valence-electron chi connectivity index (χ3n) is 3.81. The van der Waals surface area contributed by atoms with Gasteiger partial charge in [0.25, 0.3) is 0 Å². The molecule has 0 aromatic heterocycles. The summed E-state index contributed by atoms with van der Waals surface area (Å²) >= 11 is 0. The van der Waals surface area contributed by atoms with E-state index >= 15 is 0 Å². The van der Waals surface area contributed by atoms with Gasteiger partial charge >= 0.3 is 0 Å². The van der Waals surface area contributed by atoms with Gasteiger partial charge in [-0.3, -0.25) is 0 Å². The highest BCUT2D eigenvalue weighted by atomic mass is 16.7. The fraction of sp³-hybridized carbons (Fsp3) is 0.368. The predicted octanol–water partition coefficient (Wildman–Crippen LogP) is 4.19. The summed E-state index contributed by atoms with van der Waals surface area (Å²) < 4.78 is 18.1. The van der Waals surface area contributed by atoms with Crippen molar-refractivity contribution in [3.63, 3.8) is 0 Å². The fourth-order valence-electron chi connectivity index (χ4n) is 2.52. The monoisotopic (exact) mass is 300 g/mol. The molecule has 1 aliphatic rings. The van der Waals surface area contributed by atoms with Crippen molar-refractivity contribution in [2.24, 2.45) is 0 Å². The van der Waals surface area contributed by atoms with Crippen LogP contribution in [0.2, 0.25) is 0 Å². The summed E-state index contributed by atoms with van der Waals surface area (Å²) in [4.78, 5) is 0. The van der Waals surface area contributed by atoms with Gasteiger partial charge in [0.05, 0.1) is 18.8 Å². The van der Waals surface area contributed by atoms with Crippen molar-refractivity contribution in [1.29, 1.82) is 0 Å². The highest BCUT2D eigenvalue weighted by Gasteiger charge is 2.43. The smallest absolute Gasteiger partial charge is 0.184 e. The summed E-state index contributed by atoms with van der Waals surface area (Å²) in [6.07, 6.45) is 5.19. The van der Waals surface area contributed by atoms with Crippen LogP contribution in [0.1, 0.15) is 25.2 Å². The molecule has 1 aromatic carbocycles. The Bertz CT molecular complexity index is 503. The van der Waals surface area contributed by atoms with E-state index in [1.165, 1.54) is 0 Å². The van der Waals surface area contributed by atoms with E-state index in [4.69, 9.17) is 14.2 Å². The third kappa shape index (κ3) is 3.74. The van der Waals surface area contributed by atoms with Crippen LogP contribution in [-0.4, -0.2) is 24.4 Å². The van der Waals surface area contributed by atoms with Crippen LogP contribution in [0, 0.1) is 0 Å². The molecule has 0 N–H and O–H groups in total. The van der Waals surface area contributed by atoms with Crippen LogP contribution in [0.5, 0.6) is 0 Å². The zero-order valence-corrected chi connectivity index (χ0v) is 13.1. The van der Waals surface area contributed by atoms with Crippen LogP contribution in [0.4, 0.5) is 0 Å². The van der Waals surface area contributed by atoms with E-state index in [0.29, 0.717) is 13.0 Å². The van der Waals surface area contributed by atoms with Crippen molar-refractivity contribution in [1.82, 2.24) is 0 Å². The maximum absolute atomic E-state index is 6.13. The van der Waals surface area contributed by atoms with Crippen molar-refractivity contribution in [3.05, 3.63) is 73.9 Å². The molecule has 1 fully saturated rings. The summed E-state index contributed by atoms with van der Waals surface area (Å²) in [5.41, 5.74) is 0.426. The van der Waals surface area contributed by atoms with Gasteiger partial charge in [-0.15, -0.1) is 19.7 Å². The van der Waals surface area contributed by atoms with E-state index in [0.717, 1.165) is 5.56 Å². The second-order valence-electron chi connectivity index (χ2n) is 5.57. The SMILES string of the molecule is C=CC[C@@H]1O[C@H](c2ccccc2)OC[C@@]1(C)OC(C=C)C=C. The van der Waals surface area contributed by atoms with Gasteiger partial charge < -0.3 is 14.2 Å². The first-order chi connectivity index (χ1) is 10.6. The molecule has 0 bridgehead atoms. The molecule has 2 rings (SSSR count). The minimum Gasteiger partial charge on any atom is -0.359 e. The zero-order valence-electron chi connectivity index (χ0n) is 13.1. The summed E-state index contributed by atoms with van der Waals surface area (Å²) in [5, 5.41) is 0. The van der Waals surface area contributed by atoms with Gasteiger partial charge in [0.2, 0.25) is 0 Å². The summed E-state index contributed by atoms with van der Waals surface area (Å²) in [7, 11) is 0. The second kappa shape index (κ2) is 7.54. The molecule has 1 aromatic rings. The molecule has 0 spiro atoms. The fourth-order valence-corrected chi connectivity index (χ4v) is 2.52. The predicted molar refractivity (Wildman–Crippen MR) is 88.5 cm³/mol. The lowest BCUT2D eigenvalue weighted by Crippen LogP contribution is -2.53. The van der Waals surface area contributed by atoms with Crippen LogP contribution in [0.15, 0.2) is 68.3 Å². The highest BCUT2D eigenvalue weighted by molar-refractivity contribution is 5.17. The normalized spacial score (nSPS) is 28.3. The van der Waals surface area contributed by atoms with Crippen LogP contribution in [0.3, 0.4) is 0 Å². The Hall–Kier alpha value is -1.68. The number of benzene rings is 1. The largest absolute Gasteiger partial charge is 0.359 e. The highest BCUT2D eigenvalue weighted by Crippen LogP contribution is 2.36. The molecule has 0 unspecified atom stereocenters. The van der Waals surface area contributed by atoms with Crippen LogP contribution < -0.4 is 0 Å². The van der Waals surface area contributed by atoms with Crippen LogP contribution >= 0.6 is 0 Å². The van der Waals surface area contributed by atoms with Crippen molar-refractivity contribution in [2.45, 2.75) is 37.4 Å². The Labute approximate surface area is 132 Å². The van der Waals surface area contributed by atoms with Crippen molar-refractivity contribution < 1.29 is 14.2 Å². The molecule has 1 aliphatic heterocycles. The summed E-state index contributed by atoms with van der Waals surface area (Å²) in [5.74, 6) is 0. The van der Waals surface area contributed by atoms with Gasteiger partial charge in [-0.25, -0.2) is 0 Å². The minimum absolute atomic E-state index is 0.147. The molecule has 3 heteroatoms. The molecule has 0 radical (unpaired) electrons. The second-order valence-corrected chi connectivity index (χ2v) is 5.57. The van der Waals surface area contributed by atoms with E-state index in [1.54, 1.807) is 12.2 Å². The lowest BCUT2D eigenvalue weighted by molar-refractivity contribution is -0.301. The zero-order chi connectivity index (χ0) is 16.0. The Morgan fingerprint density at radius 3 is 2.55 bits per heavy atom. The van der Waals surface area contributed by atoms with Gasteiger partial charge in [-0.1, -0.05) is 48.6 Å². The molecule has 0 aliphatic carbocycles. The Kier molecular flexibility index (Phi) is 5.72. The van der Waals surface area contributed by atoms with Gasteiger partial charge in [0.1, 0.15) is 5.60 Å². The summed E-state index contributed by atoms with van der Waals surface area (Å²) in [6, 6.07) is 9.91. The molecular weight excluding hydrogens is 276 g/mol. The number of hydrogen-bond donors (Lipinski definition) is 0. The maximum Gasteiger partial charge on any atom is 0.184 e. The van der Waals surface area contributed by atoms with Crippen molar-refractivity contribution in [2.75, 3.05) is 6.61 Å². The average Bonchev–Trinajstić information content (AvgIpc) is 2.56. The van der Waals surface area contributed by atoms with E-state index in [2.05, 4.69) is 19.7 Å². The minimum atomic E-state index is -0.577. The van der Waals surface area contributed by atoms with E-state index < -0.39 is 5.60 Å². The van der Waals surface area contributed by atoms with E-state index in [9.17, 15) is 0 Å². The standard InChI is InChI=1S/C19H24O3/c1-5-11-17-19(4,22-16(6-2)7-3)14-20-18(21-17)15-12-9-8-10-13-15/h5-10,12-13,16-18H,1-3,11,14H2,4H3/t17-,18+,19+/m0/s1. The Morgan fingerprint density at radius 2 is 1.95 bits per heavy atom. The molecular formula is C19H24O3. The molecule has 0 saturated carbocycles. The first-order valence-electron chi connectivity index (χ1n) is 7.49. The van der Waals surface area contributed by atoms with Gasteiger partial charge in [0.15, 0.2) is 6.29 Å². The first kappa shape index (κ1) is 16.7. The van der Waals surface area contributed by atoms with Gasteiger partial charge in [-0.2, -0.15) is 0 Å². The lowest BCUT2D eigenvalue weighted by Gasteiger charge is -2.44. The molecule has 0 amide bonds. The number of ether oxygens (including phenoxy) is 3. The Balaban J connectivity index is 2.15. The van der Waals surface area contributed by atoms with Crippen molar-refractivity contribution >= 4 is 0 Å². The number of rotatable bonds is 7. The molecule has 3 nitrogen and oxygen atoms in total. The third-order valence-corrected chi connectivity index (χ3v) is 3.81. The van der Waals surface area contributed by atoms with Gasteiger partial charge in [0, 0.05) is 5.56 Å². The molecule has 22 heavy (non-hydrogen) atoms. The number of hydrogen-bond acceptors (Lipinski definition) is 3. The molecule has 118 valence electrons. The topological polar surface area (TPSA) is 27.7 Å². The van der Waals surface area contributed by atoms with E-state index in [-0.39, 0.29) is 18.5 Å². The van der Waals surface area contributed by atoms with Crippen LogP contribution in [0.25, 0.3) is 0 Å². The van der Waals surface area contributed by atoms with Crippen molar-refractivity contribution in [3.8, 4) is 0 Å². The maximum atomic E-state index is 6.13. The Morgan fingerprint density at radius 1 is 1.27 bits per heavy atom. The van der Waals surface area contributed by atoms with Crippen LogP contribution in [-0.2, 0) is 14.2 Å². The van der Waals surface area contributed by atoms with E-state index in [1.807, 2.05) is 43.3 Å². The molecule has 3 atom stereocenters. The molecule has 1 heterocycles. The van der Waals surface area contributed by atoms with Gasteiger partial charge in [-0.05, 0) is 13.3 Å².